The predicted molar refractivity (Wildman–Crippen MR) is 129 cm³/mol. The number of hydrogen-bond donors (Lipinski definition) is 2. The summed E-state index contributed by atoms with van der Waals surface area (Å²) in [6, 6.07) is 8.10. The molecule has 1 atom stereocenters. The number of carbonyl (C=O) groups excluding carboxylic acids is 2. The minimum absolute atomic E-state index is 0.192. The summed E-state index contributed by atoms with van der Waals surface area (Å²) in [7, 11) is 0. The lowest BCUT2D eigenvalue weighted by Crippen LogP contribution is -2.47. The minimum atomic E-state index is -0.928. The molecule has 182 valence electrons. The molecule has 0 bridgehead atoms. The van der Waals surface area contributed by atoms with E-state index in [0.29, 0.717) is 47.2 Å². The number of anilines is 1. The Bertz CT molecular complexity index is 1080. The lowest BCUT2D eigenvalue weighted by molar-refractivity contribution is -0.134. The molecule has 2 amide bonds. The third-order valence-electron chi connectivity index (χ3n) is 6.12. The van der Waals surface area contributed by atoms with Crippen molar-refractivity contribution in [3.8, 4) is 5.75 Å². The monoisotopic (exact) mass is 486 g/mol. The second-order valence-electron chi connectivity index (χ2n) is 10.0. The van der Waals surface area contributed by atoms with Crippen LogP contribution in [0.15, 0.2) is 48.4 Å². The number of carbonyl (C=O) groups is 2. The zero-order valence-corrected chi connectivity index (χ0v) is 20.5. The average molecular weight is 487 g/mol. The average Bonchev–Trinajstić information content (AvgIpc) is 3.30. The number of aliphatic hydroxyl groups is 1. The van der Waals surface area contributed by atoms with E-state index in [1.165, 1.54) is 6.08 Å². The van der Waals surface area contributed by atoms with E-state index in [-0.39, 0.29) is 18.4 Å². The van der Waals surface area contributed by atoms with Crippen LogP contribution in [-0.2, 0) is 16.1 Å². The van der Waals surface area contributed by atoms with Crippen molar-refractivity contribution in [3.05, 3.63) is 53.4 Å². The van der Waals surface area contributed by atoms with Crippen molar-refractivity contribution in [2.45, 2.75) is 58.2 Å². The second-order valence-corrected chi connectivity index (χ2v) is 10.4. The van der Waals surface area contributed by atoms with Gasteiger partial charge in [0, 0.05) is 18.3 Å². The van der Waals surface area contributed by atoms with E-state index in [2.05, 4.69) is 17.3 Å². The van der Waals surface area contributed by atoms with E-state index in [0.717, 1.165) is 12.8 Å². The van der Waals surface area contributed by atoms with Gasteiger partial charge in [0.25, 0.3) is 5.91 Å². The van der Waals surface area contributed by atoms with Gasteiger partial charge in [-0.2, -0.15) is 5.10 Å². The molecule has 2 aromatic rings. The second kappa shape index (κ2) is 9.80. The molecule has 1 saturated carbocycles. The maximum absolute atomic E-state index is 13.3. The van der Waals surface area contributed by atoms with Crippen LogP contribution in [0.3, 0.4) is 0 Å². The SMILES string of the molecule is CC(C)(O)Cn1ccc(NC(=O)[C@H](C[C@H]2C[C@H](C)C2)N2CC(Oc3ccccc3Cl)=CC2=O)n1. The Labute approximate surface area is 204 Å². The number of nitrogens with zero attached hydrogens (tertiary/aromatic N) is 3. The summed E-state index contributed by atoms with van der Waals surface area (Å²) in [5.41, 5.74) is -0.928. The van der Waals surface area contributed by atoms with Crippen LogP contribution in [0, 0.1) is 11.8 Å². The molecule has 2 heterocycles. The Morgan fingerprint density at radius 1 is 1.32 bits per heavy atom. The Kier molecular flexibility index (Phi) is 7.00. The molecule has 1 aliphatic carbocycles. The number of aromatic nitrogens is 2. The number of ether oxygens (including phenoxy) is 1. The van der Waals surface area contributed by atoms with Gasteiger partial charge in [0.1, 0.15) is 17.6 Å². The molecule has 1 aromatic heterocycles. The van der Waals surface area contributed by atoms with Gasteiger partial charge in [-0.3, -0.25) is 14.3 Å². The van der Waals surface area contributed by atoms with E-state index < -0.39 is 11.6 Å². The molecule has 4 rings (SSSR count). The first-order valence-electron chi connectivity index (χ1n) is 11.6. The first-order chi connectivity index (χ1) is 16.1. The molecule has 34 heavy (non-hydrogen) atoms. The maximum Gasteiger partial charge on any atom is 0.251 e. The third kappa shape index (κ3) is 5.98. The van der Waals surface area contributed by atoms with Gasteiger partial charge in [-0.1, -0.05) is 30.7 Å². The van der Waals surface area contributed by atoms with Crippen LogP contribution >= 0.6 is 11.6 Å². The van der Waals surface area contributed by atoms with Gasteiger partial charge in [-0.15, -0.1) is 0 Å². The van der Waals surface area contributed by atoms with E-state index in [1.54, 1.807) is 60.0 Å². The quantitative estimate of drug-likeness (QED) is 0.561. The molecule has 0 spiro atoms. The van der Waals surface area contributed by atoms with Gasteiger partial charge in [0.05, 0.1) is 23.7 Å². The number of halogens is 1. The summed E-state index contributed by atoms with van der Waals surface area (Å²) in [4.78, 5) is 27.8. The number of benzene rings is 1. The Balaban J connectivity index is 1.46. The number of para-hydroxylation sites is 1. The van der Waals surface area contributed by atoms with Crippen molar-refractivity contribution in [2.75, 3.05) is 11.9 Å². The summed E-state index contributed by atoms with van der Waals surface area (Å²) in [6.07, 6.45) is 5.80. The van der Waals surface area contributed by atoms with E-state index >= 15 is 0 Å². The van der Waals surface area contributed by atoms with Crippen LogP contribution in [0.25, 0.3) is 0 Å². The molecule has 9 heteroatoms. The number of amides is 2. The standard InChI is InChI=1S/C25H31ClN4O4/c1-16-10-17(11-16)12-20(24(32)27-22-8-9-29(28-22)15-25(2,3)33)30-14-18(13-23(30)31)34-21-7-5-4-6-19(21)26/h4-9,13,16-17,20,33H,10-12,14-15H2,1-3H3,(H,27,28,32)/t16-,17-,20-/m0/s1. The Morgan fingerprint density at radius 2 is 2.06 bits per heavy atom. The fourth-order valence-electron chi connectivity index (χ4n) is 4.58. The molecule has 8 nitrogen and oxygen atoms in total. The molecule has 2 aliphatic rings. The number of nitrogens with one attached hydrogen (secondary N) is 1. The first kappa shape index (κ1) is 24.3. The van der Waals surface area contributed by atoms with Crippen molar-refractivity contribution in [1.82, 2.24) is 14.7 Å². The molecular weight excluding hydrogens is 456 g/mol. The van der Waals surface area contributed by atoms with Crippen molar-refractivity contribution in [2.24, 2.45) is 11.8 Å². The summed E-state index contributed by atoms with van der Waals surface area (Å²) in [6.45, 7) is 6.06. The van der Waals surface area contributed by atoms with Gasteiger partial charge in [0.15, 0.2) is 5.82 Å². The van der Waals surface area contributed by atoms with Gasteiger partial charge in [-0.05, 0) is 57.1 Å². The smallest absolute Gasteiger partial charge is 0.251 e. The van der Waals surface area contributed by atoms with E-state index in [1.807, 2.05) is 0 Å². The molecule has 0 radical (unpaired) electrons. The minimum Gasteiger partial charge on any atom is -0.458 e. The topological polar surface area (TPSA) is 96.7 Å². The highest BCUT2D eigenvalue weighted by molar-refractivity contribution is 6.32. The van der Waals surface area contributed by atoms with Crippen molar-refractivity contribution in [1.29, 1.82) is 0 Å². The summed E-state index contributed by atoms with van der Waals surface area (Å²) in [5.74, 6) is 1.78. The van der Waals surface area contributed by atoms with Crippen molar-refractivity contribution < 1.29 is 19.4 Å². The van der Waals surface area contributed by atoms with Crippen LogP contribution in [0.2, 0.25) is 5.02 Å². The van der Waals surface area contributed by atoms with Crippen LogP contribution in [0.1, 0.15) is 40.0 Å². The van der Waals surface area contributed by atoms with E-state index in [9.17, 15) is 14.7 Å². The highest BCUT2D eigenvalue weighted by Gasteiger charge is 2.38. The molecule has 1 fully saturated rings. The summed E-state index contributed by atoms with van der Waals surface area (Å²) < 4.78 is 7.44. The molecule has 0 unspecified atom stereocenters. The fraction of sp³-hybridized carbons (Fsp3) is 0.480. The zero-order valence-electron chi connectivity index (χ0n) is 19.7. The molecular formula is C25H31ClN4O4. The molecule has 1 aromatic carbocycles. The van der Waals surface area contributed by atoms with Crippen molar-refractivity contribution >= 4 is 29.2 Å². The Morgan fingerprint density at radius 3 is 2.74 bits per heavy atom. The molecule has 0 saturated heterocycles. The van der Waals surface area contributed by atoms with Gasteiger partial charge in [0.2, 0.25) is 5.91 Å². The summed E-state index contributed by atoms with van der Waals surface area (Å²) >= 11 is 6.19. The predicted octanol–water partition coefficient (Wildman–Crippen LogP) is 3.86. The zero-order chi connectivity index (χ0) is 24.5. The van der Waals surface area contributed by atoms with Crippen LogP contribution in [0.5, 0.6) is 5.75 Å². The first-order valence-corrected chi connectivity index (χ1v) is 12.0. The van der Waals surface area contributed by atoms with Gasteiger partial charge in [-0.25, -0.2) is 0 Å². The van der Waals surface area contributed by atoms with Crippen molar-refractivity contribution in [3.63, 3.8) is 0 Å². The summed E-state index contributed by atoms with van der Waals surface area (Å²) in [5, 5.41) is 17.7. The Hall–Kier alpha value is -2.84. The molecule has 1 aliphatic heterocycles. The fourth-order valence-corrected chi connectivity index (χ4v) is 4.76. The van der Waals surface area contributed by atoms with Gasteiger partial charge >= 0.3 is 0 Å². The highest BCUT2D eigenvalue weighted by atomic mass is 35.5. The highest BCUT2D eigenvalue weighted by Crippen LogP contribution is 2.38. The normalized spacial score (nSPS) is 21.1. The van der Waals surface area contributed by atoms with Gasteiger partial charge < -0.3 is 20.1 Å². The lowest BCUT2D eigenvalue weighted by atomic mass is 9.73. The van der Waals surface area contributed by atoms with Crippen LogP contribution < -0.4 is 10.1 Å². The largest absolute Gasteiger partial charge is 0.458 e. The molecule has 2 N–H and O–H groups in total. The van der Waals surface area contributed by atoms with Crippen LogP contribution in [-0.4, -0.2) is 49.8 Å². The third-order valence-corrected chi connectivity index (χ3v) is 6.43. The number of rotatable bonds is 9. The number of hydrogen-bond acceptors (Lipinski definition) is 5. The van der Waals surface area contributed by atoms with E-state index in [4.69, 9.17) is 16.3 Å². The maximum atomic E-state index is 13.3. The van der Waals surface area contributed by atoms with Crippen LogP contribution in [0.4, 0.5) is 5.82 Å². The lowest BCUT2D eigenvalue weighted by Gasteiger charge is -2.37.